The number of hydrogen-bond acceptors (Lipinski definition) is 3. The van der Waals surface area contributed by atoms with Gasteiger partial charge in [-0.25, -0.2) is 4.39 Å². The number of rotatable bonds is 6. The number of anilines is 2. The van der Waals surface area contributed by atoms with Crippen LogP contribution in [0.1, 0.15) is 0 Å². The van der Waals surface area contributed by atoms with Gasteiger partial charge in [-0.15, -0.1) is 0 Å². The van der Waals surface area contributed by atoms with Crippen molar-refractivity contribution in [2.45, 2.75) is 6.18 Å². The maximum absolute atomic E-state index is 13.3. The van der Waals surface area contributed by atoms with Crippen LogP contribution in [0, 0.1) is 5.82 Å². The molecule has 24 heavy (non-hydrogen) atoms. The molecule has 4 nitrogen and oxygen atoms in total. The number of carbonyl (C=O) groups is 1. The molecule has 0 unspecified atom stereocenters. The lowest BCUT2D eigenvalue weighted by Gasteiger charge is -2.14. The van der Waals surface area contributed by atoms with Crippen LogP contribution in [-0.4, -0.2) is 25.2 Å². The number of amides is 1. The first-order chi connectivity index (χ1) is 11.3. The topological polar surface area (TPSA) is 50.4 Å². The highest BCUT2D eigenvalue weighted by Gasteiger charge is 2.28. The fourth-order valence-corrected chi connectivity index (χ4v) is 1.83. The smallest absolute Gasteiger partial charge is 0.422 e. The molecule has 128 valence electrons. The van der Waals surface area contributed by atoms with E-state index in [0.717, 1.165) is 18.2 Å². The molecule has 0 heterocycles. The number of nitrogens with one attached hydrogen (secondary N) is 2. The molecular formula is C16H14F4N2O2. The van der Waals surface area contributed by atoms with E-state index in [0.29, 0.717) is 5.69 Å². The van der Waals surface area contributed by atoms with Crippen LogP contribution in [0.5, 0.6) is 5.75 Å². The Morgan fingerprint density at radius 1 is 1.08 bits per heavy atom. The minimum absolute atomic E-state index is 0.0394. The fourth-order valence-electron chi connectivity index (χ4n) is 1.83. The van der Waals surface area contributed by atoms with Gasteiger partial charge in [-0.2, -0.15) is 13.2 Å². The van der Waals surface area contributed by atoms with Crippen molar-refractivity contribution in [1.29, 1.82) is 0 Å². The van der Waals surface area contributed by atoms with Crippen LogP contribution in [-0.2, 0) is 4.79 Å². The Bertz CT molecular complexity index is 690. The zero-order valence-corrected chi connectivity index (χ0v) is 12.4. The van der Waals surface area contributed by atoms with Gasteiger partial charge in [-0.05, 0) is 24.3 Å². The SMILES string of the molecule is O=C(CNc1cc(F)ccc1OCC(F)(F)F)Nc1ccccc1. The van der Waals surface area contributed by atoms with E-state index in [2.05, 4.69) is 15.4 Å². The van der Waals surface area contributed by atoms with Gasteiger partial charge in [0, 0.05) is 11.8 Å². The summed E-state index contributed by atoms with van der Waals surface area (Å²) in [5.74, 6) is -1.30. The largest absolute Gasteiger partial charge is 0.482 e. The van der Waals surface area contributed by atoms with Gasteiger partial charge in [-0.3, -0.25) is 4.79 Å². The van der Waals surface area contributed by atoms with Crippen molar-refractivity contribution >= 4 is 17.3 Å². The van der Waals surface area contributed by atoms with E-state index in [9.17, 15) is 22.4 Å². The highest BCUT2D eigenvalue weighted by molar-refractivity contribution is 5.93. The van der Waals surface area contributed by atoms with E-state index < -0.39 is 24.5 Å². The van der Waals surface area contributed by atoms with Gasteiger partial charge < -0.3 is 15.4 Å². The lowest BCUT2D eigenvalue weighted by Crippen LogP contribution is -2.23. The predicted molar refractivity (Wildman–Crippen MR) is 81.5 cm³/mol. The normalized spacial score (nSPS) is 11.0. The van der Waals surface area contributed by atoms with Crippen molar-refractivity contribution in [3.05, 3.63) is 54.3 Å². The minimum Gasteiger partial charge on any atom is -0.482 e. The lowest BCUT2D eigenvalue weighted by molar-refractivity contribution is -0.153. The number of benzene rings is 2. The molecule has 0 bridgehead atoms. The van der Waals surface area contributed by atoms with Gasteiger partial charge in [0.25, 0.3) is 0 Å². The van der Waals surface area contributed by atoms with Crippen LogP contribution in [0.25, 0.3) is 0 Å². The molecule has 0 aliphatic carbocycles. The Hall–Kier alpha value is -2.77. The summed E-state index contributed by atoms with van der Waals surface area (Å²) in [6.45, 7) is -1.77. The summed E-state index contributed by atoms with van der Waals surface area (Å²) >= 11 is 0. The summed E-state index contributed by atoms with van der Waals surface area (Å²) in [7, 11) is 0. The highest BCUT2D eigenvalue weighted by atomic mass is 19.4. The fraction of sp³-hybridized carbons (Fsp3) is 0.188. The number of alkyl halides is 3. The van der Waals surface area contributed by atoms with Crippen LogP contribution in [0.15, 0.2) is 48.5 Å². The third-order valence-corrected chi connectivity index (χ3v) is 2.83. The van der Waals surface area contributed by atoms with Crippen LogP contribution < -0.4 is 15.4 Å². The highest BCUT2D eigenvalue weighted by Crippen LogP contribution is 2.27. The van der Waals surface area contributed by atoms with Crippen molar-refractivity contribution in [3.8, 4) is 5.75 Å². The third-order valence-electron chi connectivity index (χ3n) is 2.83. The molecule has 2 rings (SSSR count). The predicted octanol–water partition coefficient (Wildman–Crippen LogP) is 3.82. The molecule has 0 saturated carbocycles. The Balaban J connectivity index is 1.98. The first-order valence-corrected chi connectivity index (χ1v) is 6.91. The van der Waals surface area contributed by atoms with E-state index in [4.69, 9.17) is 0 Å². The average molecular weight is 342 g/mol. The quantitative estimate of drug-likeness (QED) is 0.785. The summed E-state index contributed by atoms with van der Waals surface area (Å²) in [6.07, 6.45) is -4.52. The second-order valence-electron chi connectivity index (χ2n) is 4.81. The Labute approximate surface area is 135 Å². The van der Waals surface area contributed by atoms with Gasteiger partial charge in [0.05, 0.1) is 12.2 Å². The lowest BCUT2D eigenvalue weighted by atomic mass is 10.2. The van der Waals surface area contributed by atoms with Gasteiger partial charge in [0.2, 0.25) is 5.91 Å². The standard InChI is InChI=1S/C16H14F4N2O2/c17-11-6-7-14(24-10-16(18,19)20)13(8-11)21-9-15(23)22-12-4-2-1-3-5-12/h1-8,21H,9-10H2,(H,22,23). The van der Waals surface area contributed by atoms with Gasteiger partial charge in [0.1, 0.15) is 11.6 Å². The maximum atomic E-state index is 13.3. The molecule has 8 heteroatoms. The molecule has 0 aliphatic rings. The first kappa shape index (κ1) is 17.6. The average Bonchev–Trinajstić information content (AvgIpc) is 2.52. The minimum atomic E-state index is -4.52. The summed E-state index contributed by atoms with van der Waals surface area (Å²) in [5, 5.41) is 5.15. The van der Waals surface area contributed by atoms with E-state index in [1.54, 1.807) is 30.3 Å². The van der Waals surface area contributed by atoms with Gasteiger partial charge in [-0.1, -0.05) is 18.2 Å². The molecule has 0 fully saturated rings. The van der Waals surface area contributed by atoms with E-state index in [1.807, 2.05) is 0 Å². The maximum Gasteiger partial charge on any atom is 0.422 e. The van der Waals surface area contributed by atoms with Crippen molar-refractivity contribution in [3.63, 3.8) is 0 Å². The van der Waals surface area contributed by atoms with E-state index in [1.165, 1.54) is 0 Å². The van der Waals surface area contributed by atoms with Crippen LogP contribution in [0.3, 0.4) is 0 Å². The molecule has 2 aromatic rings. The molecule has 0 atom stereocenters. The van der Waals surface area contributed by atoms with Crippen molar-refractivity contribution in [1.82, 2.24) is 0 Å². The molecule has 0 aromatic heterocycles. The Kier molecular flexibility index (Phi) is 5.62. The summed E-state index contributed by atoms with van der Waals surface area (Å²) in [6, 6.07) is 11.6. The summed E-state index contributed by atoms with van der Waals surface area (Å²) in [5.41, 5.74) is 0.527. The molecule has 0 spiro atoms. The number of ether oxygens (including phenoxy) is 1. The molecule has 0 aliphatic heterocycles. The molecular weight excluding hydrogens is 328 g/mol. The van der Waals surface area contributed by atoms with Crippen LogP contribution in [0.4, 0.5) is 28.9 Å². The third kappa shape index (κ3) is 5.79. The van der Waals surface area contributed by atoms with Crippen molar-refractivity contribution < 1.29 is 27.1 Å². The Morgan fingerprint density at radius 3 is 2.46 bits per heavy atom. The molecule has 2 N–H and O–H groups in total. The van der Waals surface area contributed by atoms with Crippen molar-refractivity contribution in [2.75, 3.05) is 23.8 Å². The van der Waals surface area contributed by atoms with Gasteiger partial charge in [0.15, 0.2) is 6.61 Å². The monoisotopic (exact) mass is 342 g/mol. The molecule has 2 aromatic carbocycles. The van der Waals surface area contributed by atoms with E-state index in [-0.39, 0.29) is 18.0 Å². The van der Waals surface area contributed by atoms with Crippen LogP contribution >= 0.6 is 0 Å². The number of carbonyl (C=O) groups excluding carboxylic acids is 1. The van der Waals surface area contributed by atoms with Crippen molar-refractivity contribution in [2.24, 2.45) is 0 Å². The Morgan fingerprint density at radius 2 is 1.79 bits per heavy atom. The molecule has 0 radical (unpaired) electrons. The molecule has 0 saturated heterocycles. The number of para-hydroxylation sites is 1. The van der Waals surface area contributed by atoms with Gasteiger partial charge >= 0.3 is 6.18 Å². The summed E-state index contributed by atoms with van der Waals surface area (Å²) < 4.78 is 54.6. The number of halogens is 4. The second-order valence-corrected chi connectivity index (χ2v) is 4.81. The van der Waals surface area contributed by atoms with Crippen LogP contribution in [0.2, 0.25) is 0 Å². The zero-order chi connectivity index (χ0) is 17.6. The second kappa shape index (κ2) is 7.67. The first-order valence-electron chi connectivity index (χ1n) is 6.91. The molecule has 1 amide bonds. The number of hydrogen-bond donors (Lipinski definition) is 2. The van der Waals surface area contributed by atoms with E-state index >= 15 is 0 Å². The summed E-state index contributed by atoms with van der Waals surface area (Å²) in [4.78, 5) is 11.8. The zero-order valence-electron chi connectivity index (χ0n) is 12.4.